The Kier molecular flexibility index (Phi) is 5.21. The van der Waals surface area contributed by atoms with Gasteiger partial charge in [0.05, 0.1) is 12.7 Å². The van der Waals surface area contributed by atoms with Crippen molar-refractivity contribution in [1.29, 1.82) is 0 Å². The Morgan fingerprint density at radius 2 is 1.79 bits per heavy atom. The van der Waals surface area contributed by atoms with Crippen LogP contribution >= 0.6 is 22.9 Å². The summed E-state index contributed by atoms with van der Waals surface area (Å²) in [6.45, 7) is 2.12. The molecule has 0 spiro atoms. The molecule has 0 saturated heterocycles. The predicted octanol–water partition coefficient (Wildman–Crippen LogP) is 6.91. The summed E-state index contributed by atoms with van der Waals surface area (Å²) >= 11 is 8.37. The summed E-state index contributed by atoms with van der Waals surface area (Å²) in [4.78, 5) is 13.2. The molecule has 0 fully saturated rings. The topological polar surface area (TPSA) is 26.3 Å². The van der Waals surface area contributed by atoms with Crippen LogP contribution in [0.4, 0.5) is 0 Å². The Balaban J connectivity index is 1.72. The molecule has 0 saturated carbocycles. The minimum Gasteiger partial charge on any atom is -0.465 e. The molecule has 28 heavy (non-hydrogen) atoms. The van der Waals surface area contributed by atoms with Gasteiger partial charge in [0, 0.05) is 21.0 Å². The Labute approximate surface area is 173 Å². The third-order valence-corrected chi connectivity index (χ3v) is 6.42. The first kappa shape index (κ1) is 18.7. The molecule has 1 aromatic heterocycles. The molecule has 0 radical (unpaired) electrons. The van der Waals surface area contributed by atoms with Crippen molar-refractivity contribution in [3.8, 4) is 11.1 Å². The Morgan fingerprint density at radius 3 is 2.50 bits per heavy atom. The van der Waals surface area contributed by atoms with E-state index in [4.69, 9.17) is 16.3 Å². The van der Waals surface area contributed by atoms with Crippen LogP contribution in [-0.4, -0.2) is 13.1 Å². The second-order valence-electron chi connectivity index (χ2n) is 6.69. The Hall–Kier alpha value is -2.62. The standard InChI is InChI=1S/C24H19ClO2S/c1-15-20(21-13-19(24(26)27-2)10-11-23(21)28-15)12-18-9-8-17(14-22(18)25)16-6-4-3-5-7-16/h3-11,13-14H,12H2,1-2H3. The van der Waals surface area contributed by atoms with Crippen molar-refractivity contribution in [1.82, 2.24) is 0 Å². The molecule has 1 heterocycles. The highest BCUT2D eigenvalue weighted by molar-refractivity contribution is 7.19. The lowest BCUT2D eigenvalue weighted by molar-refractivity contribution is 0.0601. The van der Waals surface area contributed by atoms with E-state index in [0.717, 1.165) is 38.2 Å². The maximum absolute atomic E-state index is 11.9. The van der Waals surface area contributed by atoms with Gasteiger partial charge in [-0.25, -0.2) is 4.79 Å². The molecule has 0 unspecified atom stereocenters. The summed E-state index contributed by atoms with van der Waals surface area (Å²) in [6.07, 6.45) is 0.727. The van der Waals surface area contributed by atoms with Gasteiger partial charge in [0.15, 0.2) is 0 Å². The van der Waals surface area contributed by atoms with E-state index in [1.165, 1.54) is 17.6 Å². The number of esters is 1. The molecule has 0 N–H and O–H groups in total. The normalized spacial score (nSPS) is 11.0. The van der Waals surface area contributed by atoms with Crippen molar-refractivity contribution in [3.63, 3.8) is 0 Å². The molecule has 140 valence electrons. The van der Waals surface area contributed by atoms with Crippen LogP contribution in [-0.2, 0) is 11.2 Å². The lowest BCUT2D eigenvalue weighted by Gasteiger charge is -2.09. The molecule has 4 rings (SSSR count). The second-order valence-corrected chi connectivity index (χ2v) is 8.35. The quantitative estimate of drug-likeness (QED) is 0.344. The van der Waals surface area contributed by atoms with E-state index >= 15 is 0 Å². The fourth-order valence-electron chi connectivity index (χ4n) is 3.43. The maximum atomic E-state index is 11.9. The second kappa shape index (κ2) is 7.78. The first-order valence-corrected chi connectivity index (χ1v) is 10.2. The fraction of sp³-hybridized carbons (Fsp3) is 0.125. The maximum Gasteiger partial charge on any atom is 0.337 e. The van der Waals surface area contributed by atoms with Crippen molar-refractivity contribution in [2.24, 2.45) is 0 Å². The largest absolute Gasteiger partial charge is 0.465 e. The number of hydrogen-bond acceptors (Lipinski definition) is 3. The zero-order chi connectivity index (χ0) is 19.7. The number of thiophene rings is 1. The van der Waals surface area contributed by atoms with Gasteiger partial charge in [-0.05, 0) is 58.8 Å². The van der Waals surface area contributed by atoms with E-state index in [1.54, 1.807) is 11.3 Å². The van der Waals surface area contributed by atoms with Gasteiger partial charge in [-0.3, -0.25) is 0 Å². The van der Waals surface area contributed by atoms with Crippen LogP contribution in [0.25, 0.3) is 21.2 Å². The zero-order valence-electron chi connectivity index (χ0n) is 15.7. The minimum atomic E-state index is -0.318. The number of ether oxygens (including phenoxy) is 1. The summed E-state index contributed by atoms with van der Waals surface area (Å²) in [6, 6.07) is 22.2. The summed E-state index contributed by atoms with van der Waals surface area (Å²) < 4.78 is 6.03. The Morgan fingerprint density at radius 1 is 1.00 bits per heavy atom. The zero-order valence-corrected chi connectivity index (χ0v) is 17.2. The van der Waals surface area contributed by atoms with Crippen LogP contribution in [0, 0.1) is 6.92 Å². The van der Waals surface area contributed by atoms with Crippen LogP contribution in [0.5, 0.6) is 0 Å². The Bertz CT molecular complexity index is 1160. The number of carbonyl (C=O) groups is 1. The molecule has 0 bridgehead atoms. The molecule has 0 aliphatic carbocycles. The highest BCUT2D eigenvalue weighted by atomic mass is 35.5. The van der Waals surface area contributed by atoms with Gasteiger partial charge in [-0.2, -0.15) is 0 Å². The SMILES string of the molecule is COC(=O)c1ccc2sc(C)c(Cc3ccc(-c4ccccc4)cc3Cl)c2c1. The van der Waals surface area contributed by atoms with E-state index in [9.17, 15) is 4.79 Å². The van der Waals surface area contributed by atoms with Gasteiger partial charge in [0.1, 0.15) is 0 Å². The van der Waals surface area contributed by atoms with Crippen LogP contribution < -0.4 is 0 Å². The average Bonchev–Trinajstić information content (AvgIpc) is 3.04. The molecule has 4 aromatic rings. The van der Waals surface area contributed by atoms with E-state index < -0.39 is 0 Å². The van der Waals surface area contributed by atoms with E-state index in [-0.39, 0.29) is 5.97 Å². The van der Waals surface area contributed by atoms with Gasteiger partial charge in [0.2, 0.25) is 0 Å². The molecule has 0 atom stereocenters. The number of carbonyl (C=O) groups excluding carboxylic acids is 1. The first-order chi connectivity index (χ1) is 13.6. The van der Waals surface area contributed by atoms with Gasteiger partial charge >= 0.3 is 5.97 Å². The highest BCUT2D eigenvalue weighted by Crippen LogP contribution is 2.35. The molecule has 0 amide bonds. The van der Waals surface area contributed by atoms with E-state index in [0.29, 0.717) is 5.56 Å². The fourth-order valence-corrected chi connectivity index (χ4v) is 4.74. The van der Waals surface area contributed by atoms with Gasteiger partial charge < -0.3 is 4.74 Å². The number of halogens is 1. The minimum absolute atomic E-state index is 0.318. The predicted molar refractivity (Wildman–Crippen MR) is 118 cm³/mol. The third kappa shape index (κ3) is 3.56. The number of rotatable bonds is 4. The van der Waals surface area contributed by atoms with Crippen LogP contribution in [0.15, 0.2) is 66.7 Å². The van der Waals surface area contributed by atoms with Crippen LogP contribution in [0.2, 0.25) is 5.02 Å². The summed E-state index contributed by atoms with van der Waals surface area (Å²) in [5.74, 6) is -0.318. The molecular weight excluding hydrogens is 388 g/mol. The first-order valence-electron chi connectivity index (χ1n) is 9.01. The molecule has 0 aliphatic rings. The number of hydrogen-bond donors (Lipinski definition) is 0. The van der Waals surface area contributed by atoms with E-state index in [2.05, 4.69) is 31.2 Å². The number of methoxy groups -OCH3 is 1. The monoisotopic (exact) mass is 406 g/mol. The van der Waals surface area contributed by atoms with Gasteiger partial charge in [0.25, 0.3) is 0 Å². The number of benzene rings is 3. The van der Waals surface area contributed by atoms with Crippen molar-refractivity contribution < 1.29 is 9.53 Å². The summed E-state index contributed by atoms with van der Waals surface area (Å²) in [5.41, 5.74) is 5.11. The summed E-state index contributed by atoms with van der Waals surface area (Å²) in [7, 11) is 1.40. The molecule has 2 nitrogen and oxygen atoms in total. The molecular formula is C24H19ClO2S. The van der Waals surface area contributed by atoms with Crippen LogP contribution in [0.3, 0.4) is 0 Å². The van der Waals surface area contributed by atoms with Gasteiger partial charge in [-0.15, -0.1) is 11.3 Å². The van der Waals surface area contributed by atoms with Crippen molar-refractivity contribution in [2.45, 2.75) is 13.3 Å². The van der Waals surface area contributed by atoms with Crippen molar-refractivity contribution >= 4 is 39.0 Å². The average molecular weight is 407 g/mol. The lowest BCUT2D eigenvalue weighted by Crippen LogP contribution is -2.00. The van der Waals surface area contributed by atoms with E-state index in [1.807, 2.05) is 42.5 Å². The number of fused-ring (bicyclic) bond motifs is 1. The van der Waals surface area contributed by atoms with Crippen molar-refractivity contribution in [3.05, 3.63) is 93.3 Å². The summed E-state index contributed by atoms with van der Waals surface area (Å²) in [5, 5.41) is 1.85. The third-order valence-electron chi connectivity index (χ3n) is 4.94. The van der Waals surface area contributed by atoms with Crippen LogP contribution in [0.1, 0.15) is 26.4 Å². The van der Waals surface area contributed by atoms with Crippen molar-refractivity contribution in [2.75, 3.05) is 7.11 Å². The molecule has 0 aliphatic heterocycles. The number of aryl methyl sites for hydroxylation is 1. The lowest BCUT2D eigenvalue weighted by atomic mass is 9.98. The smallest absolute Gasteiger partial charge is 0.337 e. The van der Waals surface area contributed by atoms with Gasteiger partial charge in [-0.1, -0.05) is 54.1 Å². The highest BCUT2D eigenvalue weighted by Gasteiger charge is 2.15. The molecule has 4 heteroatoms. The molecule has 3 aromatic carbocycles.